The summed E-state index contributed by atoms with van der Waals surface area (Å²) in [5.41, 5.74) is 6.10. The molecule has 0 unspecified atom stereocenters. The van der Waals surface area contributed by atoms with Gasteiger partial charge in [0.2, 0.25) is 0 Å². The molecule has 3 nitrogen and oxygen atoms in total. The molecule has 0 heterocycles. The number of nitrogens with two attached hydrogens (primary N) is 1. The minimum absolute atomic E-state index is 0.221. The van der Waals surface area contributed by atoms with Gasteiger partial charge in [0.15, 0.2) is 0 Å². The first-order chi connectivity index (χ1) is 8.69. The van der Waals surface area contributed by atoms with Crippen LogP contribution in [0.3, 0.4) is 0 Å². The number of rotatable bonds is 8. The van der Waals surface area contributed by atoms with Gasteiger partial charge >= 0.3 is 0 Å². The van der Waals surface area contributed by atoms with Crippen molar-refractivity contribution in [3.63, 3.8) is 0 Å². The van der Waals surface area contributed by atoms with E-state index in [2.05, 4.69) is 13.8 Å². The van der Waals surface area contributed by atoms with E-state index in [0.29, 0.717) is 6.61 Å². The van der Waals surface area contributed by atoms with Gasteiger partial charge in [-0.1, -0.05) is 19.9 Å². The molecule has 0 spiro atoms. The summed E-state index contributed by atoms with van der Waals surface area (Å²) in [5, 5.41) is 0. The fourth-order valence-electron chi connectivity index (χ4n) is 2.07. The Morgan fingerprint density at radius 1 is 1.17 bits per heavy atom. The molecule has 0 radical (unpaired) electrons. The topological polar surface area (TPSA) is 44.5 Å². The van der Waals surface area contributed by atoms with Gasteiger partial charge in [-0.05, 0) is 43.4 Å². The second-order valence-corrected chi connectivity index (χ2v) is 4.69. The van der Waals surface area contributed by atoms with Crippen molar-refractivity contribution in [2.75, 3.05) is 20.3 Å². The number of hydrogen-bond donors (Lipinski definition) is 1. The van der Waals surface area contributed by atoms with Crippen LogP contribution in [0, 0.1) is 5.41 Å². The van der Waals surface area contributed by atoms with E-state index < -0.39 is 0 Å². The van der Waals surface area contributed by atoms with Gasteiger partial charge < -0.3 is 15.2 Å². The van der Waals surface area contributed by atoms with Gasteiger partial charge in [0.05, 0.1) is 13.7 Å². The largest absolute Gasteiger partial charge is 0.497 e. The van der Waals surface area contributed by atoms with Crippen molar-refractivity contribution in [3.8, 4) is 11.5 Å². The molecule has 2 N–H and O–H groups in total. The standard InChI is InChI=1S/C15H25NO2/c1-4-15(5-2,12-16)9-10-18-14-8-6-7-13(11-14)17-3/h6-8,11H,4-5,9-10,12,16H2,1-3H3. The van der Waals surface area contributed by atoms with Crippen molar-refractivity contribution >= 4 is 0 Å². The van der Waals surface area contributed by atoms with Crippen LogP contribution in [0.1, 0.15) is 33.1 Å². The lowest BCUT2D eigenvalue weighted by Crippen LogP contribution is -2.31. The second-order valence-electron chi connectivity index (χ2n) is 4.69. The first kappa shape index (κ1) is 14.8. The Morgan fingerprint density at radius 2 is 1.83 bits per heavy atom. The highest BCUT2D eigenvalue weighted by Gasteiger charge is 2.23. The van der Waals surface area contributed by atoms with Crippen molar-refractivity contribution < 1.29 is 9.47 Å². The Bertz CT molecular complexity index is 340. The summed E-state index contributed by atoms with van der Waals surface area (Å²) in [6.45, 7) is 5.82. The molecule has 0 atom stereocenters. The molecule has 1 aromatic carbocycles. The van der Waals surface area contributed by atoms with E-state index in [1.54, 1.807) is 7.11 Å². The molecule has 102 valence electrons. The van der Waals surface area contributed by atoms with E-state index in [0.717, 1.165) is 37.3 Å². The monoisotopic (exact) mass is 251 g/mol. The summed E-state index contributed by atoms with van der Waals surface area (Å²) in [4.78, 5) is 0. The SMILES string of the molecule is CCC(CC)(CN)CCOc1cccc(OC)c1. The average Bonchev–Trinajstić information content (AvgIpc) is 2.44. The van der Waals surface area contributed by atoms with E-state index in [1.165, 1.54) is 0 Å². The van der Waals surface area contributed by atoms with Crippen LogP contribution in [0.4, 0.5) is 0 Å². The first-order valence-corrected chi connectivity index (χ1v) is 6.66. The zero-order chi connectivity index (χ0) is 13.4. The Morgan fingerprint density at radius 3 is 2.39 bits per heavy atom. The van der Waals surface area contributed by atoms with Crippen molar-refractivity contribution in [1.82, 2.24) is 0 Å². The molecule has 0 bridgehead atoms. The van der Waals surface area contributed by atoms with Crippen LogP contribution >= 0.6 is 0 Å². The Hall–Kier alpha value is -1.22. The minimum atomic E-state index is 0.221. The number of methoxy groups -OCH3 is 1. The average molecular weight is 251 g/mol. The molecule has 0 aliphatic rings. The van der Waals surface area contributed by atoms with Gasteiger partial charge in [0.1, 0.15) is 11.5 Å². The van der Waals surface area contributed by atoms with E-state index in [4.69, 9.17) is 15.2 Å². The maximum atomic E-state index is 5.88. The van der Waals surface area contributed by atoms with Crippen LogP contribution in [0.5, 0.6) is 11.5 Å². The van der Waals surface area contributed by atoms with Crippen LogP contribution in [0.2, 0.25) is 0 Å². The molecule has 0 saturated heterocycles. The molecule has 0 amide bonds. The van der Waals surface area contributed by atoms with Crippen molar-refractivity contribution in [2.45, 2.75) is 33.1 Å². The quantitative estimate of drug-likeness (QED) is 0.771. The highest BCUT2D eigenvalue weighted by Crippen LogP contribution is 2.29. The maximum absolute atomic E-state index is 5.88. The van der Waals surface area contributed by atoms with Crippen LogP contribution in [0.25, 0.3) is 0 Å². The smallest absolute Gasteiger partial charge is 0.122 e. The number of benzene rings is 1. The van der Waals surface area contributed by atoms with Gasteiger partial charge in [0.25, 0.3) is 0 Å². The van der Waals surface area contributed by atoms with Crippen molar-refractivity contribution in [3.05, 3.63) is 24.3 Å². The third-order valence-electron chi connectivity index (χ3n) is 3.88. The summed E-state index contributed by atoms with van der Waals surface area (Å²) in [7, 11) is 1.66. The predicted molar refractivity (Wildman–Crippen MR) is 75.2 cm³/mol. The van der Waals surface area contributed by atoms with Crippen molar-refractivity contribution in [2.24, 2.45) is 11.1 Å². The highest BCUT2D eigenvalue weighted by molar-refractivity contribution is 5.32. The minimum Gasteiger partial charge on any atom is -0.497 e. The van der Waals surface area contributed by atoms with Gasteiger partial charge in [-0.15, -0.1) is 0 Å². The molecule has 1 rings (SSSR count). The molecule has 0 aliphatic carbocycles. The Balaban J connectivity index is 2.49. The Kier molecular flexibility index (Phi) is 5.99. The fraction of sp³-hybridized carbons (Fsp3) is 0.600. The van der Waals surface area contributed by atoms with Crippen LogP contribution in [-0.4, -0.2) is 20.3 Å². The number of ether oxygens (including phenoxy) is 2. The third kappa shape index (κ3) is 3.91. The normalized spacial score (nSPS) is 11.3. The lowest BCUT2D eigenvalue weighted by Gasteiger charge is -2.29. The predicted octanol–water partition coefficient (Wildman–Crippen LogP) is 3.23. The lowest BCUT2D eigenvalue weighted by atomic mass is 9.80. The molecular formula is C15H25NO2. The van der Waals surface area contributed by atoms with Gasteiger partial charge in [0, 0.05) is 6.07 Å². The van der Waals surface area contributed by atoms with Crippen molar-refractivity contribution in [1.29, 1.82) is 0 Å². The summed E-state index contributed by atoms with van der Waals surface area (Å²) in [6.07, 6.45) is 3.19. The van der Waals surface area contributed by atoms with E-state index in [9.17, 15) is 0 Å². The first-order valence-electron chi connectivity index (χ1n) is 6.66. The maximum Gasteiger partial charge on any atom is 0.122 e. The number of hydrogen-bond acceptors (Lipinski definition) is 3. The summed E-state index contributed by atoms with van der Waals surface area (Å²) in [6, 6.07) is 7.70. The molecule has 0 saturated carbocycles. The lowest BCUT2D eigenvalue weighted by molar-refractivity contribution is 0.187. The molecule has 1 aromatic rings. The van der Waals surface area contributed by atoms with Gasteiger partial charge in [-0.25, -0.2) is 0 Å². The highest BCUT2D eigenvalue weighted by atomic mass is 16.5. The molecule has 0 aromatic heterocycles. The molecular weight excluding hydrogens is 226 g/mol. The van der Waals surface area contributed by atoms with Gasteiger partial charge in [-0.2, -0.15) is 0 Å². The zero-order valence-electron chi connectivity index (χ0n) is 11.7. The molecule has 18 heavy (non-hydrogen) atoms. The molecule has 0 fully saturated rings. The van der Waals surface area contributed by atoms with Crippen LogP contribution in [0.15, 0.2) is 24.3 Å². The fourth-order valence-corrected chi connectivity index (χ4v) is 2.07. The summed E-state index contributed by atoms with van der Waals surface area (Å²) < 4.78 is 10.9. The van der Waals surface area contributed by atoms with E-state index in [-0.39, 0.29) is 5.41 Å². The molecule has 0 aliphatic heterocycles. The van der Waals surface area contributed by atoms with E-state index >= 15 is 0 Å². The summed E-state index contributed by atoms with van der Waals surface area (Å²) >= 11 is 0. The van der Waals surface area contributed by atoms with Gasteiger partial charge in [-0.3, -0.25) is 0 Å². The third-order valence-corrected chi connectivity index (χ3v) is 3.88. The van der Waals surface area contributed by atoms with E-state index in [1.807, 2.05) is 24.3 Å². The molecule has 3 heteroatoms. The zero-order valence-corrected chi connectivity index (χ0v) is 11.7. The van der Waals surface area contributed by atoms with Crippen LogP contribution < -0.4 is 15.2 Å². The van der Waals surface area contributed by atoms with Crippen LogP contribution in [-0.2, 0) is 0 Å². The summed E-state index contributed by atoms with van der Waals surface area (Å²) in [5.74, 6) is 1.68. The second kappa shape index (κ2) is 7.27. The Labute approximate surface area is 110 Å².